The Kier molecular flexibility index (Phi) is 33.7. The second-order valence-corrected chi connectivity index (χ2v) is 33.4. The van der Waals surface area contributed by atoms with Crippen LogP contribution in [0, 0.1) is 28.6 Å². The van der Waals surface area contributed by atoms with Gasteiger partial charge in [0.1, 0.15) is 42.3 Å². The topological polar surface area (TPSA) is 448 Å². The third-order valence-electron chi connectivity index (χ3n) is 23.7. The Morgan fingerprint density at radius 3 is 1.82 bits per heavy atom. The molecular formula is C79H122N12O19S. The number of fused-ring (bicyclic) bond motifs is 7. The summed E-state index contributed by atoms with van der Waals surface area (Å²) in [5, 5.41) is 52.3. The van der Waals surface area contributed by atoms with Crippen molar-refractivity contribution >= 4 is 63.3 Å². The van der Waals surface area contributed by atoms with E-state index in [1.54, 1.807) is 27.0 Å². The van der Waals surface area contributed by atoms with Crippen LogP contribution in [0.2, 0.25) is 0 Å². The van der Waals surface area contributed by atoms with Crippen LogP contribution < -0.4 is 48.3 Å². The zero-order chi connectivity index (χ0) is 80.5. The number of ketones is 1. The molecule has 31 nitrogen and oxygen atoms in total. The number of hydrogen-bond acceptors (Lipinski definition) is 21. The molecule has 111 heavy (non-hydrogen) atoms. The number of primary amides is 1. The first-order valence-electron chi connectivity index (χ1n) is 39.8. The maximum Gasteiger partial charge on any atom is 0.312 e. The van der Waals surface area contributed by atoms with E-state index < -0.39 is 110 Å². The number of aliphatic hydroxyl groups excluding tert-OH is 1. The summed E-state index contributed by atoms with van der Waals surface area (Å²) in [6.07, 6.45) is 12.7. The number of phenolic OH excluding ortho intramolecular Hbond substituents is 1. The van der Waals surface area contributed by atoms with Crippen molar-refractivity contribution in [2.45, 2.75) is 230 Å². The number of nitrogens with one attached hydrogen (secondary N) is 8. The van der Waals surface area contributed by atoms with Gasteiger partial charge in [-0.15, -0.1) is 5.10 Å². The number of carbonyl (C=O) groups is 9. The van der Waals surface area contributed by atoms with Gasteiger partial charge in [0.2, 0.25) is 41.4 Å². The molecule has 8 rings (SSSR count). The summed E-state index contributed by atoms with van der Waals surface area (Å²) >= 11 is 0. The normalized spacial score (nSPS) is 23.2. The molecule has 0 radical (unpaired) electrons. The lowest BCUT2D eigenvalue weighted by atomic mass is 9.49. The SMILES string of the molecule is CN[C@H](CCCCNC(=O)COC1CCCCCc2c1nnn2CCOCCOCCOCCOCCC(=O)NCCS(=O)(=O)O)C(=O)N[C@H](C(=O)N[C@@H](CCCNC(N)=O)C(=O)N[C@@H](CO)C(=O)Cc1ccc2c(c1)[C@@]1(C)CCC[C@](C)(C(=O)NC(=O)[C@@]3(C)CCC[C@]4(C)c5cc(O)ccc5CC[C@@H]34)[C@@H]1CC2)C(C)C. The van der Waals surface area contributed by atoms with Crippen LogP contribution in [0.5, 0.6) is 5.75 Å². The summed E-state index contributed by atoms with van der Waals surface area (Å²) in [5.41, 5.74) is 9.53. The molecule has 2 saturated carbocycles. The minimum atomic E-state index is -4.14. The van der Waals surface area contributed by atoms with E-state index in [9.17, 15) is 61.8 Å². The number of amides is 9. The lowest BCUT2D eigenvalue weighted by Gasteiger charge is -2.56. The number of aliphatic hydroxyl groups is 1. The van der Waals surface area contributed by atoms with Crippen molar-refractivity contribution in [3.8, 4) is 5.75 Å². The first-order chi connectivity index (χ1) is 52.9. The highest BCUT2D eigenvalue weighted by atomic mass is 32.2. The van der Waals surface area contributed by atoms with Crippen LogP contribution in [0.4, 0.5) is 4.79 Å². The van der Waals surface area contributed by atoms with Crippen LogP contribution in [-0.2, 0) is 115 Å². The van der Waals surface area contributed by atoms with E-state index in [1.165, 1.54) is 5.56 Å². The largest absolute Gasteiger partial charge is 0.508 e. The number of Topliss-reactive ketones (excluding diaryl/α,β-unsaturated/α-hetero) is 1. The van der Waals surface area contributed by atoms with Crippen LogP contribution in [-0.4, -0.2) is 214 Å². The molecule has 13 N–H and O–H groups in total. The highest BCUT2D eigenvalue weighted by molar-refractivity contribution is 7.85. The first-order valence-corrected chi connectivity index (χ1v) is 41.4. The quantitative estimate of drug-likeness (QED) is 0.0214. The van der Waals surface area contributed by atoms with Crippen molar-refractivity contribution in [3.63, 3.8) is 0 Å². The summed E-state index contributed by atoms with van der Waals surface area (Å²) < 4.78 is 60.4. The highest BCUT2D eigenvalue weighted by Crippen LogP contribution is 2.60. The number of rotatable bonds is 44. The predicted octanol–water partition coefficient (Wildman–Crippen LogP) is 4.22. The molecule has 0 aliphatic heterocycles. The van der Waals surface area contributed by atoms with Crippen molar-refractivity contribution in [2.24, 2.45) is 34.3 Å². The lowest BCUT2D eigenvalue weighted by Crippen LogP contribution is -2.60. The lowest BCUT2D eigenvalue weighted by molar-refractivity contribution is -0.150. The van der Waals surface area contributed by atoms with E-state index in [0.717, 1.165) is 93.0 Å². The summed E-state index contributed by atoms with van der Waals surface area (Å²) in [4.78, 5) is 123. The molecule has 0 saturated heterocycles. The summed E-state index contributed by atoms with van der Waals surface area (Å²) in [7, 11) is -2.52. The summed E-state index contributed by atoms with van der Waals surface area (Å²) in [5.74, 6) is -4.59. The Bertz CT molecular complexity index is 3790. The molecule has 3 aromatic rings. The average molecular weight is 1580 g/mol. The Hall–Kier alpha value is -7.56. The van der Waals surface area contributed by atoms with E-state index >= 15 is 0 Å². The Morgan fingerprint density at radius 2 is 1.21 bits per heavy atom. The molecule has 2 aromatic carbocycles. The van der Waals surface area contributed by atoms with E-state index in [0.29, 0.717) is 109 Å². The molecule has 9 amide bonds. The molecule has 0 bridgehead atoms. The van der Waals surface area contributed by atoms with Crippen molar-refractivity contribution in [2.75, 3.05) is 98.5 Å². The van der Waals surface area contributed by atoms with Gasteiger partial charge in [0, 0.05) is 32.5 Å². The Morgan fingerprint density at radius 1 is 0.631 bits per heavy atom. The number of aryl methyl sites for hydroxylation is 2. The van der Waals surface area contributed by atoms with Gasteiger partial charge in [0.15, 0.2) is 5.78 Å². The minimum Gasteiger partial charge on any atom is -0.508 e. The molecular weight excluding hydrogens is 1450 g/mol. The number of imide groups is 1. The number of ether oxygens (including phenoxy) is 5. The predicted molar refractivity (Wildman–Crippen MR) is 411 cm³/mol. The van der Waals surface area contributed by atoms with Gasteiger partial charge >= 0.3 is 6.03 Å². The van der Waals surface area contributed by atoms with Gasteiger partial charge in [0.25, 0.3) is 10.1 Å². The zero-order valence-corrected chi connectivity index (χ0v) is 66.8. The number of urea groups is 1. The van der Waals surface area contributed by atoms with Crippen molar-refractivity contribution in [1.82, 2.24) is 57.5 Å². The molecule has 5 aliphatic carbocycles. The van der Waals surface area contributed by atoms with Crippen molar-refractivity contribution in [1.29, 1.82) is 0 Å². The van der Waals surface area contributed by atoms with Gasteiger partial charge < -0.3 is 76.8 Å². The molecule has 2 fully saturated rings. The van der Waals surface area contributed by atoms with Crippen LogP contribution in [0.25, 0.3) is 0 Å². The highest BCUT2D eigenvalue weighted by Gasteiger charge is 2.59. The van der Waals surface area contributed by atoms with Crippen LogP contribution in [0.15, 0.2) is 36.4 Å². The smallest absolute Gasteiger partial charge is 0.312 e. The van der Waals surface area contributed by atoms with Crippen molar-refractivity contribution < 1.29 is 90.0 Å². The van der Waals surface area contributed by atoms with Crippen LogP contribution in [0.1, 0.15) is 202 Å². The van der Waals surface area contributed by atoms with Gasteiger partial charge in [-0.25, -0.2) is 9.48 Å². The molecule has 11 atom stereocenters. The number of aromatic nitrogens is 3. The van der Waals surface area contributed by atoms with Gasteiger partial charge in [-0.1, -0.05) is 96.7 Å². The fraction of sp³-hybridized carbons (Fsp3) is 0.709. The summed E-state index contributed by atoms with van der Waals surface area (Å²) in [6, 6.07) is 6.17. The third kappa shape index (κ3) is 24.5. The average Bonchev–Trinajstić information content (AvgIpc) is 1.21. The second kappa shape index (κ2) is 42.0. The minimum absolute atomic E-state index is 0.0204. The van der Waals surface area contributed by atoms with Gasteiger partial charge in [-0.05, 0) is 178 Å². The number of carbonyl (C=O) groups excluding carboxylic acids is 9. The van der Waals surface area contributed by atoms with Gasteiger partial charge in [0.05, 0.1) is 94.3 Å². The summed E-state index contributed by atoms with van der Waals surface area (Å²) in [6.45, 7) is 14.0. The molecule has 618 valence electrons. The Labute approximate surface area is 652 Å². The number of benzene rings is 2. The maximum absolute atomic E-state index is 14.9. The van der Waals surface area contributed by atoms with Gasteiger partial charge in [-0.2, -0.15) is 8.42 Å². The van der Waals surface area contributed by atoms with E-state index in [-0.39, 0.29) is 99.3 Å². The number of aromatic hydroxyl groups is 1. The number of hydrogen-bond donors (Lipinski definition) is 12. The fourth-order valence-corrected chi connectivity index (χ4v) is 18.0. The maximum atomic E-state index is 14.9. The zero-order valence-electron chi connectivity index (χ0n) is 65.9. The first kappa shape index (κ1) is 89.0. The number of nitrogens with zero attached hydrogens (tertiary/aromatic N) is 3. The van der Waals surface area contributed by atoms with Gasteiger partial charge in [-0.3, -0.25) is 48.2 Å². The molecule has 0 spiro atoms. The molecule has 1 aromatic heterocycles. The number of unbranched alkanes of at least 4 members (excludes halogenated alkanes) is 1. The number of likely N-dealkylation sites (N-methyl/N-ethyl adjacent to an activating group) is 1. The monoisotopic (exact) mass is 1570 g/mol. The number of phenols is 1. The second-order valence-electron chi connectivity index (χ2n) is 31.9. The molecule has 5 aliphatic rings. The molecule has 1 heterocycles. The Balaban J connectivity index is 0.760. The van der Waals surface area contributed by atoms with E-state index in [2.05, 4.69) is 66.7 Å². The van der Waals surface area contributed by atoms with Crippen LogP contribution >= 0.6 is 0 Å². The molecule has 1 unspecified atom stereocenters. The fourth-order valence-electron chi connectivity index (χ4n) is 17.6. The number of nitrogens with two attached hydrogens (primary N) is 1. The molecule has 32 heteroatoms. The third-order valence-corrected chi connectivity index (χ3v) is 24.5. The standard InChI is InChI=1S/C79H122N12O19S/c1-51(2)68(87-70(97)58(81-7)16-11-12-33-82-67(96)50-110-63-19-10-8-9-18-61-69(63)89-90-91(61)36-38-107-40-42-109-44-43-108-41-39-106-37-28-66(95)83-35-45-111(103,104)105)72(99)85-59(17-13-34-84-75(80)102)71(98)86-60(49-92)62(94)47-52-20-21-53-23-26-64-76(3,56(53)46-52)29-14-31-78(64,5)73(100)88-74(101)79(6)32-15-30-77(4)57-48-55(93)25-22-54(57)24-27-65(77)79/h20-22,25,46,48,51,58-60,63-65,68,81,92-93H,8-19,23-24,26-45,47,49-50H2,1-7H3,(H,82,96)(H,83,95)(H,85,99)(H,86,98)(H,87,97)(H3,80,84,102)(H,88,100,101)(H,103,104,105)/t58-,59+,60+,63?,64-,65-,68+,76-,77-,78+,79+/m1/s1. The van der Waals surface area contributed by atoms with E-state index in [1.807, 2.05) is 48.9 Å². The van der Waals surface area contributed by atoms with E-state index in [4.69, 9.17) is 34.0 Å². The van der Waals surface area contributed by atoms with Crippen LogP contribution in [0.3, 0.4) is 0 Å². The van der Waals surface area contributed by atoms with Crippen molar-refractivity contribution in [3.05, 3.63) is 75.6 Å².